The van der Waals surface area contributed by atoms with Gasteiger partial charge >= 0.3 is 0 Å². The smallest absolute Gasteiger partial charge is 0.0897 e. The van der Waals surface area contributed by atoms with Crippen molar-refractivity contribution in [2.45, 2.75) is 19.4 Å². The predicted octanol–water partition coefficient (Wildman–Crippen LogP) is 1.48. The molecule has 78 valence electrons. The first-order valence-electron chi connectivity index (χ1n) is 4.68. The molecule has 0 fully saturated rings. The lowest BCUT2D eigenvalue weighted by Gasteiger charge is -2.07. The zero-order valence-electron chi connectivity index (χ0n) is 8.42. The zero-order valence-corrected chi connectivity index (χ0v) is 9.24. The Morgan fingerprint density at radius 3 is 2.93 bits per heavy atom. The largest absolute Gasteiger partial charge is 0.322 e. The van der Waals surface area contributed by atoms with Crippen molar-refractivity contribution in [1.29, 1.82) is 0 Å². The molecule has 2 rings (SSSR count). The fraction of sp³-hybridized carbons (Fsp3) is 0.300. The molecule has 0 aromatic carbocycles. The monoisotopic (exact) mass is 220 g/mol. The summed E-state index contributed by atoms with van der Waals surface area (Å²) in [5, 5.41) is 3.10. The first-order chi connectivity index (χ1) is 7.25. The van der Waals surface area contributed by atoms with Crippen LogP contribution in [-0.4, -0.2) is 15.0 Å². The predicted molar refractivity (Wildman–Crippen MR) is 59.5 cm³/mol. The molecule has 4 nitrogen and oxygen atoms in total. The molecule has 0 spiro atoms. The highest BCUT2D eigenvalue weighted by Gasteiger charge is 2.10. The van der Waals surface area contributed by atoms with Gasteiger partial charge in [-0.2, -0.15) is 0 Å². The number of hydrogen-bond acceptors (Lipinski definition) is 5. The molecule has 0 radical (unpaired) electrons. The van der Waals surface area contributed by atoms with Crippen LogP contribution in [0.5, 0.6) is 0 Å². The summed E-state index contributed by atoms with van der Waals surface area (Å²) in [4.78, 5) is 12.5. The molecule has 0 saturated carbocycles. The van der Waals surface area contributed by atoms with Gasteiger partial charge in [0.15, 0.2) is 0 Å². The highest BCUT2D eigenvalue weighted by Crippen LogP contribution is 2.15. The third-order valence-corrected chi connectivity index (χ3v) is 2.88. The van der Waals surface area contributed by atoms with Gasteiger partial charge in [0.05, 0.1) is 22.4 Å². The minimum atomic E-state index is -0.125. The van der Waals surface area contributed by atoms with E-state index in [9.17, 15) is 0 Å². The molecule has 0 amide bonds. The van der Waals surface area contributed by atoms with Crippen molar-refractivity contribution in [3.05, 3.63) is 40.4 Å². The van der Waals surface area contributed by atoms with E-state index in [4.69, 9.17) is 5.73 Å². The van der Waals surface area contributed by atoms with E-state index in [1.807, 2.05) is 12.3 Å². The zero-order chi connectivity index (χ0) is 10.7. The summed E-state index contributed by atoms with van der Waals surface area (Å²) in [7, 11) is 0. The Kier molecular flexibility index (Phi) is 3.03. The van der Waals surface area contributed by atoms with Crippen LogP contribution in [0.4, 0.5) is 0 Å². The molecule has 15 heavy (non-hydrogen) atoms. The number of aryl methyl sites for hydroxylation is 1. The lowest BCUT2D eigenvalue weighted by molar-refractivity contribution is 0.680. The highest BCUT2D eigenvalue weighted by molar-refractivity contribution is 7.09. The lowest BCUT2D eigenvalue weighted by Crippen LogP contribution is -2.15. The van der Waals surface area contributed by atoms with E-state index in [1.54, 1.807) is 29.9 Å². The summed E-state index contributed by atoms with van der Waals surface area (Å²) in [6, 6.07) is -0.125. The van der Waals surface area contributed by atoms with Crippen molar-refractivity contribution in [2.75, 3.05) is 0 Å². The van der Waals surface area contributed by atoms with Gasteiger partial charge in [-0.05, 0) is 6.92 Å². The van der Waals surface area contributed by atoms with Crippen LogP contribution < -0.4 is 5.73 Å². The minimum Gasteiger partial charge on any atom is -0.322 e. The Balaban J connectivity index is 2.07. The van der Waals surface area contributed by atoms with Crippen LogP contribution in [0.1, 0.15) is 22.4 Å². The van der Waals surface area contributed by atoms with Gasteiger partial charge in [-0.25, -0.2) is 4.98 Å². The van der Waals surface area contributed by atoms with Gasteiger partial charge in [0.2, 0.25) is 0 Å². The first-order valence-corrected chi connectivity index (χ1v) is 5.56. The maximum atomic E-state index is 6.00. The molecule has 2 aromatic rings. The second-order valence-corrected chi connectivity index (χ2v) is 4.36. The molecule has 2 heterocycles. The maximum Gasteiger partial charge on any atom is 0.0897 e. The third kappa shape index (κ3) is 2.57. The molecule has 0 saturated heterocycles. The first kappa shape index (κ1) is 10.2. The molecule has 0 aliphatic rings. The summed E-state index contributed by atoms with van der Waals surface area (Å²) in [6.45, 7) is 1.99. The second kappa shape index (κ2) is 4.46. The van der Waals surface area contributed by atoms with E-state index in [0.717, 1.165) is 16.4 Å². The van der Waals surface area contributed by atoms with Crippen molar-refractivity contribution in [3.8, 4) is 0 Å². The molecular formula is C10H12N4S. The molecule has 2 N–H and O–H groups in total. The number of nitrogens with two attached hydrogens (primary N) is 1. The van der Waals surface area contributed by atoms with Gasteiger partial charge in [0, 0.05) is 30.4 Å². The van der Waals surface area contributed by atoms with Crippen LogP contribution in [-0.2, 0) is 6.42 Å². The topological polar surface area (TPSA) is 64.7 Å². The maximum absolute atomic E-state index is 6.00. The molecular weight excluding hydrogens is 208 g/mol. The summed E-state index contributed by atoms with van der Waals surface area (Å²) in [5.41, 5.74) is 7.83. The van der Waals surface area contributed by atoms with Crippen molar-refractivity contribution in [2.24, 2.45) is 5.73 Å². The average Bonchev–Trinajstić information content (AvgIpc) is 2.65. The second-order valence-electron chi connectivity index (χ2n) is 3.30. The van der Waals surface area contributed by atoms with Crippen LogP contribution >= 0.6 is 11.3 Å². The Morgan fingerprint density at radius 1 is 1.47 bits per heavy atom. The molecule has 0 aliphatic carbocycles. The van der Waals surface area contributed by atoms with Gasteiger partial charge in [0.25, 0.3) is 0 Å². The van der Waals surface area contributed by atoms with Crippen LogP contribution in [0.15, 0.2) is 24.0 Å². The molecule has 0 bridgehead atoms. The Hall–Kier alpha value is -1.33. The lowest BCUT2D eigenvalue weighted by atomic mass is 10.1. The van der Waals surface area contributed by atoms with E-state index in [2.05, 4.69) is 15.0 Å². The standard InChI is InChI=1S/C10H12N4S/c1-7-14-8(6-15-7)4-9(11)10-5-12-2-3-13-10/h2-3,5-6,9H,4,11H2,1H3. The Morgan fingerprint density at radius 2 is 2.33 bits per heavy atom. The number of nitrogens with zero attached hydrogens (tertiary/aromatic N) is 3. The van der Waals surface area contributed by atoms with Crippen molar-refractivity contribution >= 4 is 11.3 Å². The van der Waals surface area contributed by atoms with E-state index >= 15 is 0 Å². The molecule has 2 aromatic heterocycles. The van der Waals surface area contributed by atoms with Gasteiger partial charge < -0.3 is 5.73 Å². The normalized spacial score (nSPS) is 12.7. The third-order valence-electron chi connectivity index (χ3n) is 2.06. The minimum absolute atomic E-state index is 0.125. The van der Waals surface area contributed by atoms with E-state index < -0.39 is 0 Å². The average molecular weight is 220 g/mol. The van der Waals surface area contributed by atoms with Crippen LogP contribution in [0, 0.1) is 6.92 Å². The highest BCUT2D eigenvalue weighted by atomic mass is 32.1. The molecule has 0 aliphatic heterocycles. The summed E-state index contributed by atoms with van der Waals surface area (Å²) in [6.07, 6.45) is 5.71. The Bertz CT molecular complexity index is 426. The van der Waals surface area contributed by atoms with Crippen LogP contribution in [0.2, 0.25) is 0 Å². The van der Waals surface area contributed by atoms with Gasteiger partial charge in [-0.1, -0.05) is 0 Å². The fourth-order valence-electron chi connectivity index (χ4n) is 1.33. The summed E-state index contributed by atoms with van der Waals surface area (Å²) in [5.74, 6) is 0. The van der Waals surface area contributed by atoms with Crippen molar-refractivity contribution in [3.63, 3.8) is 0 Å². The van der Waals surface area contributed by atoms with Crippen molar-refractivity contribution in [1.82, 2.24) is 15.0 Å². The van der Waals surface area contributed by atoms with Crippen LogP contribution in [0.3, 0.4) is 0 Å². The molecule has 1 unspecified atom stereocenters. The number of aromatic nitrogens is 3. The van der Waals surface area contributed by atoms with E-state index in [1.165, 1.54) is 0 Å². The summed E-state index contributed by atoms with van der Waals surface area (Å²) >= 11 is 1.64. The molecule has 1 atom stereocenters. The summed E-state index contributed by atoms with van der Waals surface area (Å²) < 4.78 is 0. The van der Waals surface area contributed by atoms with Gasteiger partial charge in [0.1, 0.15) is 0 Å². The number of hydrogen-bond donors (Lipinski definition) is 1. The quantitative estimate of drug-likeness (QED) is 0.851. The Labute approximate surface area is 92.2 Å². The van der Waals surface area contributed by atoms with Crippen molar-refractivity contribution < 1.29 is 0 Å². The van der Waals surface area contributed by atoms with E-state index in [0.29, 0.717) is 6.42 Å². The SMILES string of the molecule is Cc1nc(CC(N)c2cnccn2)cs1. The number of rotatable bonds is 3. The van der Waals surface area contributed by atoms with E-state index in [-0.39, 0.29) is 6.04 Å². The van der Waals surface area contributed by atoms with Gasteiger partial charge in [-0.15, -0.1) is 11.3 Å². The molecule has 5 heteroatoms. The fourth-order valence-corrected chi connectivity index (χ4v) is 1.96. The van der Waals surface area contributed by atoms with Crippen LogP contribution in [0.25, 0.3) is 0 Å². The number of thiazole rings is 1. The van der Waals surface area contributed by atoms with Gasteiger partial charge in [-0.3, -0.25) is 9.97 Å².